The molecule has 4 aliphatic rings. The molecule has 8 atom stereocenters. The van der Waals surface area contributed by atoms with Gasteiger partial charge in [-0.05, 0) is 42.9 Å². The van der Waals surface area contributed by atoms with Crippen molar-refractivity contribution < 1.29 is 19.1 Å². The summed E-state index contributed by atoms with van der Waals surface area (Å²) < 4.78 is 15.3. The molecular formula is C22H24Cl3FO3. The number of rotatable bonds is 2. The van der Waals surface area contributed by atoms with Gasteiger partial charge in [0.25, 0.3) is 0 Å². The van der Waals surface area contributed by atoms with Crippen LogP contribution in [-0.4, -0.2) is 38.4 Å². The van der Waals surface area contributed by atoms with Gasteiger partial charge in [0, 0.05) is 22.3 Å². The third-order valence-corrected chi connectivity index (χ3v) is 10.1. The molecule has 29 heavy (non-hydrogen) atoms. The maximum atomic E-state index is 15.3. The quantitative estimate of drug-likeness (QED) is 0.605. The predicted octanol–water partition coefficient (Wildman–Crippen LogP) is 4.73. The molecule has 0 spiro atoms. The first-order valence-corrected chi connectivity index (χ1v) is 11.2. The average Bonchev–Trinajstić information content (AvgIpc) is 2.86. The lowest BCUT2D eigenvalue weighted by Crippen LogP contribution is -2.67. The van der Waals surface area contributed by atoms with E-state index >= 15 is 4.39 Å². The summed E-state index contributed by atoms with van der Waals surface area (Å²) in [5, 5.41) is 10.9. The zero-order valence-corrected chi connectivity index (χ0v) is 18.8. The van der Waals surface area contributed by atoms with Crippen LogP contribution in [0.3, 0.4) is 0 Å². The minimum atomic E-state index is -1.65. The molecule has 158 valence electrons. The minimum absolute atomic E-state index is 0.239. The SMILES string of the molecule is C[C@@H]1C[C@H]2[C@@H]3C=C(F)C4=CC(=O)C=C[C@]4(C)[C@@]3(Cl)[C@@H](Cl)C[C@]2(C)[C@@]1(O)C(=O)CCl. The van der Waals surface area contributed by atoms with Gasteiger partial charge in [-0.25, -0.2) is 4.39 Å². The van der Waals surface area contributed by atoms with E-state index < -0.39 is 44.2 Å². The van der Waals surface area contributed by atoms with E-state index in [1.807, 2.05) is 13.8 Å². The highest BCUT2D eigenvalue weighted by Crippen LogP contribution is 2.71. The van der Waals surface area contributed by atoms with Gasteiger partial charge >= 0.3 is 0 Å². The number of halogens is 4. The van der Waals surface area contributed by atoms with Crippen molar-refractivity contribution in [1.82, 2.24) is 0 Å². The van der Waals surface area contributed by atoms with Crippen molar-refractivity contribution in [2.75, 3.05) is 5.88 Å². The van der Waals surface area contributed by atoms with Gasteiger partial charge in [-0.15, -0.1) is 34.8 Å². The molecule has 2 fully saturated rings. The second kappa shape index (κ2) is 6.41. The second-order valence-electron chi connectivity index (χ2n) is 9.46. The molecule has 2 saturated carbocycles. The number of alkyl halides is 3. The largest absolute Gasteiger partial charge is 0.381 e. The number of fused-ring (bicyclic) bond motifs is 5. The third kappa shape index (κ3) is 2.35. The number of Topliss-reactive ketones (excluding diaryl/α,β-unsaturated/α-hetero) is 1. The van der Waals surface area contributed by atoms with Crippen molar-refractivity contribution in [2.45, 2.75) is 49.5 Å². The molecular weight excluding hydrogens is 438 g/mol. The second-order valence-corrected chi connectivity index (χ2v) is 10.9. The monoisotopic (exact) mass is 460 g/mol. The van der Waals surface area contributed by atoms with Crippen LogP contribution in [0.4, 0.5) is 4.39 Å². The van der Waals surface area contributed by atoms with Crippen LogP contribution in [0.25, 0.3) is 0 Å². The highest BCUT2D eigenvalue weighted by molar-refractivity contribution is 6.34. The Morgan fingerprint density at radius 2 is 2.03 bits per heavy atom. The Morgan fingerprint density at radius 1 is 1.38 bits per heavy atom. The molecule has 0 amide bonds. The molecule has 0 unspecified atom stereocenters. The molecule has 0 aromatic carbocycles. The van der Waals surface area contributed by atoms with Crippen LogP contribution in [0, 0.1) is 28.6 Å². The summed E-state index contributed by atoms with van der Waals surface area (Å²) in [5.41, 5.74) is -3.29. The number of hydrogen-bond donors (Lipinski definition) is 1. The summed E-state index contributed by atoms with van der Waals surface area (Å²) in [4.78, 5) is 23.5. The zero-order chi connectivity index (χ0) is 21.6. The van der Waals surface area contributed by atoms with Gasteiger partial charge in [0.1, 0.15) is 11.4 Å². The summed E-state index contributed by atoms with van der Waals surface area (Å²) in [6.45, 7) is 5.47. The van der Waals surface area contributed by atoms with E-state index in [9.17, 15) is 14.7 Å². The van der Waals surface area contributed by atoms with Crippen molar-refractivity contribution in [3.05, 3.63) is 35.7 Å². The Morgan fingerprint density at radius 3 is 2.66 bits per heavy atom. The topological polar surface area (TPSA) is 54.4 Å². The van der Waals surface area contributed by atoms with Crippen LogP contribution in [0.1, 0.15) is 33.6 Å². The van der Waals surface area contributed by atoms with Crippen LogP contribution in [0.5, 0.6) is 0 Å². The van der Waals surface area contributed by atoms with Gasteiger partial charge < -0.3 is 5.11 Å². The maximum Gasteiger partial charge on any atom is 0.179 e. The summed E-state index contributed by atoms with van der Waals surface area (Å²) in [6.07, 6.45) is 6.58. The van der Waals surface area contributed by atoms with E-state index in [2.05, 4.69) is 0 Å². The highest BCUT2D eigenvalue weighted by atomic mass is 35.5. The van der Waals surface area contributed by atoms with Gasteiger partial charge in [0.05, 0.1) is 16.1 Å². The van der Waals surface area contributed by atoms with Crippen LogP contribution >= 0.6 is 34.8 Å². The third-order valence-electron chi connectivity index (χ3n) is 8.34. The lowest BCUT2D eigenvalue weighted by molar-refractivity contribution is -0.160. The highest BCUT2D eigenvalue weighted by Gasteiger charge is 2.74. The summed E-state index contributed by atoms with van der Waals surface area (Å²) in [7, 11) is 0. The van der Waals surface area contributed by atoms with Crippen molar-refractivity contribution in [2.24, 2.45) is 28.6 Å². The Balaban J connectivity index is 1.93. The number of hydrogen-bond acceptors (Lipinski definition) is 3. The van der Waals surface area contributed by atoms with Gasteiger partial charge in [-0.1, -0.05) is 26.8 Å². The first kappa shape index (κ1) is 21.5. The Hall–Kier alpha value is -0.680. The van der Waals surface area contributed by atoms with E-state index in [1.165, 1.54) is 18.2 Å². The number of carbonyl (C=O) groups is 2. The van der Waals surface area contributed by atoms with Crippen LogP contribution < -0.4 is 0 Å². The van der Waals surface area contributed by atoms with Gasteiger partial charge in [-0.2, -0.15) is 0 Å². The van der Waals surface area contributed by atoms with Crippen LogP contribution in [-0.2, 0) is 9.59 Å². The summed E-state index contributed by atoms with van der Waals surface area (Å²) in [5.74, 6) is -2.67. The fourth-order valence-corrected chi connectivity index (χ4v) is 8.06. The molecule has 7 heteroatoms. The molecule has 0 aromatic rings. The maximum absolute atomic E-state index is 15.3. The number of ketones is 2. The Labute approximate surface area is 185 Å². The zero-order valence-electron chi connectivity index (χ0n) is 16.5. The van der Waals surface area contributed by atoms with E-state index in [-0.39, 0.29) is 35.5 Å². The van der Waals surface area contributed by atoms with Crippen molar-refractivity contribution in [3.8, 4) is 0 Å². The van der Waals surface area contributed by atoms with Gasteiger partial charge in [0.2, 0.25) is 0 Å². The number of carbonyl (C=O) groups excluding carboxylic acids is 2. The van der Waals surface area contributed by atoms with Crippen molar-refractivity contribution >= 4 is 46.4 Å². The molecule has 0 aliphatic heterocycles. The van der Waals surface area contributed by atoms with Gasteiger partial charge in [-0.3, -0.25) is 9.59 Å². The Kier molecular flexibility index (Phi) is 4.77. The molecule has 4 aliphatic carbocycles. The van der Waals surface area contributed by atoms with E-state index in [0.29, 0.717) is 6.42 Å². The van der Waals surface area contributed by atoms with Crippen molar-refractivity contribution in [3.63, 3.8) is 0 Å². The normalized spacial score (nSPS) is 51.0. The smallest absolute Gasteiger partial charge is 0.179 e. The molecule has 0 radical (unpaired) electrons. The standard InChI is InChI=1S/C22H24Cl3FO3/c1-11-6-13-14-8-16(26)15-7-12(27)4-5-19(15,2)21(14,25)17(24)9-20(13,3)22(11,29)18(28)10-23/h4-5,7-8,11,13-14,17,29H,6,9-10H2,1-3H3/t11-,13+,14+,17+,19+,20+,21+,22+/m1/s1. The lowest BCUT2D eigenvalue weighted by Gasteiger charge is -2.62. The first-order chi connectivity index (χ1) is 13.4. The lowest BCUT2D eigenvalue weighted by atomic mass is 9.48. The molecule has 0 heterocycles. The first-order valence-electron chi connectivity index (χ1n) is 9.85. The Bertz CT molecular complexity index is 898. The number of allylic oxidation sites excluding steroid dienone is 6. The molecule has 4 rings (SSSR count). The summed E-state index contributed by atoms with van der Waals surface area (Å²) in [6, 6.07) is 0. The molecule has 0 bridgehead atoms. The predicted molar refractivity (Wildman–Crippen MR) is 112 cm³/mol. The fourth-order valence-electron chi connectivity index (χ4n) is 6.71. The van der Waals surface area contributed by atoms with Crippen LogP contribution in [0.2, 0.25) is 0 Å². The number of aliphatic hydroxyl groups is 1. The minimum Gasteiger partial charge on any atom is -0.381 e. The van der Waals surface area contributed by atoms with Crippen molar-refractivity contribution in [1.29, 1.82) is 0 Å². The average molecular weight is 462 g/mol. The van der Waals surface area contributed by atoms with Gasteiger partial charge in [0.15, 0.2) is 11.6 Å². The van der Waals surface area contributed by atoms with E-state index in [4.69, 9.17) is 34.8 Å². The molecule has 0 aromatic heterocycles. The summed E-state index contributed by atoms with van der Waals surface area (Å²) >= 11 is 20.1. The van der Waals surface area contributed by atoms with E-state index in [1.54, 1.807) is 13.0 Å². The van der Waals surface area contributed by atoms with Crippen LogP contribution in [0.15, 0.2) is 35.7 Å². The van der Waals surface area contributed by atoms with E-state index in [0.717, 1.165) is 0 Å². The molecule has 1 N–H and O–H groups in total. The fraction of sp³-hybridized carbons (Fsp3) is 0.636. The molecule has 3 nitrogen and oxygen atoms in total. The molecule has 0 saturated heterocycles.